The number of fused-ring (bicyclic) bond motifs is 4. The quantitative estimate of drug-likeness (QED) is 0.299. The highest BCUT2D eigenvalue weighted by atomic mass is 32.2. The molecule has 10 rings (SSSR count). The molecule has 2 saturated carbocycles. The Morgan fingerprint density at radius 2 is 1.11 bits per heavy atom. The molecule has 12 nitrogen and oxygen atoms in total. The van der Waals surface area contributed by atoms with Crippen molar-refractivity contribution in [2.24, 2.45) is 17.0 Å². The molecule has 0 aromatic heterocycles. The number of rotatable bonds is 9. The fraction of sp³-hybridized carbons (Fsp3) is 0.667. The molecule has 2 aromatic carbocycles. The van der Waals surface area contributed by atoms with Crippen molar-refractivity contribution in [2.75, 3.05) is 44.6 Å². The van der Waals surface area contributed by atoms with E-state index in [4.69, 9.17) is 15.1 Å². The van der Waals surface area contributed by atoms with Crippen molar-refractivity contribution in [1.82, 2.24) is 14.5 Å². The molecule has 4 N–H and O–H groups in total. The average Bonchev–Trinajstić information content (AvgIpc) is 3.88. The van der Waals surface area contributed by atoms with E-state index in [1.807, 2.05) is 6.26 Å². The number of nitrogens with one attached hydrogen (secondary N) is 2. The normalized spacial score (nSPS) is 21.9. The first-order valence-electron chi connectivity index (χ1n) is 21.1. The molecule has 4 fully saturated rings. The van der Waals surface area contributed by atoms with Gasteiger partial charge in [0.15, 0.2) is 0 Å². The molecule has 2 heterocycles. The van der Waals surface area contributed by atoms with Crippen LogP contribution in [0.5, 0.6) is 5.75 Å². The van der Waals surface area contributed by atoms with Gasteiger partial charge in [0.25, 0.3) is 6.26 Å². The van der Waals surface area contributed by atoms with Gasteiger partial charge < -0.3 is 19.9 Å². The minimum atomic E-state index is -3.63. The molecule has 0 bridgehead atoms. The van der Waals surface area contributed by atoms with Crippen LogP contribution in [-0.2, 0) is 71.4 Å². The molecule has 0 radical (unpaired) electrons. The summed E-state index contributed by atoms with van der Waals surface area (Å²) < 4.78 is 54.4. The summed E-state index contributed by atoms with van der Waals surface area (Å²) in [7, 11) is -6.90. The van der Waals surface area contributed by atoms with E-state index < -0.39 is 31.3 Å². The number of nitriles is 1. The van der Waals surface area contributed by atoms with Crippen LogP contribution in [0.25, 0.3) is 0 Å². The third-order valence-corrected chi connectivity index (χ3v) is 16.6. The molecule has 14 heteroatoms. The van der Waals surface area contributed by atoms with Crippen LogP contribution in [0.4, 0.5) is 10.5 Å². The molecule has 0 unspecified atom stereocenters. The van der Waals surface area contributed by atoms with Gasteiger partial charge in [-0.1, -0.05) is 25.0 Å². The second kappa shape index (κ2) is 16.6. The first-order chi connectivity index (χ1) is 26.9. The summed E-state index contributed by atoms with van der Waals surface area (Å²) in [6, 6.07) is 4.04. The summed E-state index contributed by atoms with van der Waals surface area (Å²) in [5.41, 5.74) is 11.4. The van der Waals surface area contributed by atoms with Gasteiger partial charge in [0, 0.05) is 45.0 Å². The Morgan fingerprint density at radius 3 is 1.52 bits per heavy atom. The number of urea groups is 1. The predicted octanol–water partition coefficient (Wildman–Crippen LogP) is 4.88. The van der Waals surface area contributed by atoms with E-state index in [2.05, 4.69) is 32.0 Å². The lowest BCUT2D eigenvalue weighted by Gasteiger charge is -2.42. The number of hydrogen-bond donors (Lipinski definition) is 3. The maximum absolute atomic E-state index is 12.6. The number of ether oxygens (including phenoxy) is 1. The fourth-order valence-corrected chi connectivity index (χ4v) is 12.2. The summed E-state index contributed by atoms with van der Waals surface area (Å²) in [6.07, 6.45) is 22.8. The first kappa shape index (κ1) is 39.6. The van der Waals surface area contributed by atoms with Gasteiger partial charge in [-0.2, -0.15) is 0 Å². The maximum atomic E-state index is 12.6. The van der Waals surface area contributed by atoms with Crippen molar-refractivity contribution in [2.45, 2.75) is 126 Å². The highest BCUT2D eigenvalue weighted by Crippen LogP contribution is 2.41. The number of carbonyl (C=O) groups excluding carboxylic acids is 1. The third-order valence-electron chi connectivity index (χ3n) is 13.7. The minimum absolute atomic E-state index is 0.299. The lowest BCUT2D eigenvalue weighted by atomic mass is 9.84. The van der Waals surface area contributed by atoms with Gasteiger partial charge in [-0.15, -0.1) is 5.26 Å². The molecule has 56 heavy (non-hydrogen) atoms. The van der Waals surface area contributed by atoms with E-state index in [9.17, 15) is 21.6 Å². The van der Waals surface area contributed by atoms with Crippen LogP contribution < -0.4 is 19.9 Å². The van der Waals surface area contributed by atoms with Crippen molar-refractivity contribution in [3.05, 3.63) is 56.6 Å². The Balaban J connectivity index is 0.000000132. The highest BCUT2D eigenvalue weighted by molar-refractivity contribution is 7.90. The van der Waals surface area contributed by atoms with Crippen LogP contribution in [-0.4, -0.2) is 82.4 Å². The van der Waals surface area contributed by atoms with Crippen molar-refractivity contribution >= 4 is 31.8 Å². The number of nitrogens with zero attached hydrogens (tertiary/aromatic N) is 3. The molecule has 2 amide bonds. The molecule has 2 aromatic rings. The van der Waals surface area contributed by atoms with Gasteiger partial charge in [0.05, 0.1) is 0 Å². The number of likely N-dealkylation sites (tertiary alicyclic amines) is 2. The SMILES string of the molecule is N#COc1c2c(cc3c1CCC3)CCC2.NS(=O)(=O)C1CN(CC2CCC2)C1.O=C(Nc1c2c(cc3c1CCC3)CCC2)NS(=O)(=O)C1CN(CC2CCC2)C1. The number of nitrogens with two attached hydrogens (primary N) is 1. The van der Waals surface area contributed by atoms with Gasteiger partial charge in [-0.05, 0) is 159 Å². The van der Waals surface area contributed by atoms with E-state index in [1.54, 1.807) is 0 Å². The van der Waals surface area contributed by atoms with Crippen molar-refractivity contribution in [3.63, 3.8) is 0 Å². The summed E-state index contributed by atoms with van der Waals surface area (Å²) in [4.78, 5) is 17.0. The van der Waals surface area contributed by atoms with Crippen molar-refractivity contribution < 1.29 is 26.4 Å². The van der Waals surface area contributed by atoms with Crippen LogP contribution in [0.15, 0.2) is 12.1 Å². The Morgan fingerprint density at radius 1 is 0.679 bits per heavy atom. The van der Waals surface area contributed by atoms with E-state index in [0.717, 1.165) is 101 Å². The number of primary sulfonamides is 1. The van der Waals surface area contributed by atoms with Crippen LogP contribution in [0.3, 0.4) is 0 Å². The molecule has 6 aliphatic carbocycles. The van der Waals surface area contributed by atoms with Gasteiger partial charge in [0.2, 0.25) is 20.0 Å². The van der Waals surface area contributed by atoms with Gasteiger partial charge in [0.1, 0.15) is 16.2 Å². The Labute approximate surface area is 333 Å². The summed E-state index contributed by atoms with van der Waals surface area (Å²) in [5.74, 6) is 2.46. The zero-order valence-corrected chi connectivity index (χ0v) is 34.3. The molecule has 8 aliphatic rings. The average molecular weight is 807 g/mol. The van der Waals surface area contributed by atoms with E-state index in [1.165, 1.54) is 95.9 Å². The number of hydrogen-bond acceptors (Lipinski definition) is 9. The summed E-state index contributed by atoms with van der Waals surface area (Å²) in [5, 5.41) is 15.9. The van der Waals surface area contributed by atoms with Crippen molar-refractivity contribution in [1.29, 1.82) is 5.26 Å². The van der Waals surface area contributed by atoms with Crippen LogP contribution in [0.1, 0.15) is 109 Å². The number of aryl methyl sites for hydroxylation is 4. The van der Waals surface area contributed by atoms with Gasteiger partial charge in [-0.25, -0.2) is 31.5 Å². The predicted molar refractivity (Wildman–Crippen MR) is 217 cm³/mol. The van der Waals surface area contributed by atoms with Crippen molar-refractivity contribution in [3.8, 4) is 12.0 Å². The van der Waals surface area contributed by atoms with Crippen LogP contribution in [0, 0.1) is 23.4 Å². The largest absolute Gasteiger partial charge is 0.387 e. The van der Waals surface area contributed by atoms with E-state index in [0.29, 0.717) is 26.2 Å². The highest BCUT2D eigenvalue weighted by Gasteiger charge is 2.40. The monoisotopic (exact) mass is 806 g/mol. The van der Waals surface area contributed by atoms with Gasteiger partial charge >= 0.3 is 6.03 Å². The third kappa shape index (κ3) is 8.63. The second-order valence-corrected chi connectivity index (χ2v) is 21.4. The fourth-order valence-electron chi connectivity index (χ4n) is 10.1. The Hall–Kier alpha value is -3.22. The second-order valence-electron chi connectivity index (χ2n) is 17.6. The smallest absolute Gasteiger partial charge is 0.332 e. The van der Waals surface area contributed by atoms with Crippen LogP contribution >= 0.6 is 0 Å². The lowest BCUT2D eigenvalue weighted by molar-refractivity contribution is 0.123. The summed E-state index contributed by atoms with van der Waals surface area (Å²) >= 11 is 0. The molecule has 2 aliphatic heterocycles. The summed E-state index contributed by atoms with van der Waals surface area (Å²) in [6.45, 7) is 4.45. The standard InChI is InChI=1S/C21H29N3O3S.C13H13NO.C8H16N2O2S/c25-21(23-28(26,27)17-12-24(13-17)11-14-4-1-5-14)22-20-18-8-2-6-15(18)10-16-7-3-9-19(16)20;14-8-15-13-11-5-1-3-9(11)7-10-4-2-6-12(10)13;9-13(11,12)8-5-10(6-8)4-7-2-1-3-7/h10,14,17H,1-9,11-13H2,(H2,22,23,25);7H,1-6H2;7-8H,1-6H2,(H2,9,11,12). The van der Waals surface area contributed by atoms with E-state index in [-0.39, 0.29) is 5.25 Å². The number of sulfonamides is 2. The zero-order chi connectivity index (χ0) is 39.0. The molecule has 0 atom stereocenters. The van der Waals surface area contributed by atoms with Crippen LogP contribution in [0.2, 0.25) is 0 Å². The number of anilines is 1. The molecule has 304 valence electrons. The molecule has 2 saturated heterocycles. The molecule has 0 spiro atoms. The van der Waals surface area contributed by atoms with Gasteiger partial charge in [-0.3, -0.25) is 0 Å². The minimum Gasteiger partial charge on any atom is -0.387 e. The number of benzene rings is 2. The maximum Gasteiger partial charge on any atom is 0.332 e. The Bertz CT molecular complexity index is 2020. The lowest BCUT2D eigenvalue weighted by Crippen LogP contribution is -2.59. The first-order valence-corrected chi connectivity index (χ1v) is 24.3. The molecular formula is C42H58N6O6S2. The number of carbonyl (C=O) groups is 1. The van der Waals surface area contributed by atoms with E-state index >= 15 is 0 Å². The Kier molecular flexibility index (Phi) is 11.7. The molecular weight excluding hydrogens is 749 g/mol. The zero-order valence-electron chi connectivity index (χ0n) is 32.6. The number of amides is 2. The topological polar surface area (TPSA) is 175 Å².